The van der Waals surface area contributed by atoms with E-state index in [-0.39, 0.29) is 0 Å². The summed E-state index contributed by atoms with van der Waals surface area (Å²) in [5.74, 6) is 0.714. The van der Waals surface area contributed by atoms with Gasteiger partial charge in [-0.3, -0.25) is 9.97 Å². The number of rotatable bonds is 4. The summed E-state index contributed by atoms with van der Waals surface area (Å²) in [6.45, 7) is 0. The van der Waals surface area contributed by atoms with Gasteiger partial charge in [0.25, 0.3) is 0 Å². The summed E-state index contributed by atoms with van der Waals surface area (Å²) in [6, 6.07) is 19.9. The zero-order valence-corrected chi connectivity index (χ0v) is 15.6. The number of thiazole rings is 1. The molecule has 0 aliphatic heterocycles. The molecule has 0 aliphatic carbocycles. The van der Waals surface area contributed by atoms with Gasteiger partial charge in [-0.2, -0.15) is 0 Å². The highest BCUT2D eigenvalue weighted by Gasteiger charge is 2.08. The first kappa shape index (κ1) is 16.5. The largest absolute Gasteiger partial charge is 0.339 e. The molecule has 1 N–H and O–H groups in total. The van der Waals surface area contributed by atoms with E-state index in [1.807, 2.05) is 48.5 Å². The van der Waals surface area contributed by atoms with Crippen LogP contribution in [0.3, 0.4) is 0 Å². The second-order valence-electron chi connectivity index (χ2n) is 6.22. The average molecular weight is 381 g/mol. The summed E-state index contributed by atoms with van der Waals surface area (Å²) in [5, 5.41) is 6.40. The lowest BCUT2D eigenvalue weighted by molar-refractivity contribution is 1.28. The van der Waals surface area contributed by atoms with Crippen molar-refractivity contribution in [2.75, 3.05) is 5.32 Å². The van der Waals surface area contributed by atoms with E-state index in [1.54, 1.807) is 29.9 Å². The lowest BCUT2D eigenvalue weighted by Gasteiger charge is -2.07. The van der Waals surface area contributed by atoms with Crippen LogP contribution in [0, 0.1) is 0 Å². The molecule has 6 heteroatoms. The van der Waals surface area contributed by atoms with Gasteiger partial charge >= 0.3 is 0 Å². The third-order valence-electron chi connectivity index (χ3n) is 4.31. The molecule has 5 nitrogen and oxygen atoms in total. The topological polar surface area (TPSA) is 63.6 Å². The number of pyridine rings is 1. The first-order valence-electron chi connectivity index (χ1n) is 8.80. The Morgan fingerprint density at radius 2 is 1.64 bits per heavy atom. The number of fused-ring (bicyclic) bond motifs is 1. The fourth-order valence-corrected chi connectivity index (χ4v) is 3.79. The minimum Gasteiger partial charge on any atom is -0.339 e. The van der Waals surface area contributed by atoms with Crippen LogP contribution in [0.2, 0.25) is 0 Å². The molecule has 0 amide bonds. The standard InChI is InChI=1S/C22H15N5S/c1-2-7-19-18(6-1)24-13-21(26-19)25-17-5-3-4-16(12-17)20-14-28-22(27-20)15-8-10-23-11-9-15/h1-14H,(H,25,26). The maximum Gasteiger partial charge on any atom is 0.149 e. The number of nitrogens with one attached hydrogen (secondary N) is 1. The lowest BCUT2D eigenvalue weighted by Crippen LogP contribution is -1.95. The minimum absolute atomic E-state index is 0.714. The molecule has 0 aliphatic rings. The van der Waals surface area contributed by atoms with Gasteiger partial charge in [0.2, 0.25) is 0 Å². The van der Waals surface area contributed by atoms with Gasteiger partial charge in [0.1, 0.15) is 10.8 Å². The van der Waals surface area contributed by atoms with Crippen molar-refractivity contribution in [3.05, 3.63) is 84.6 Å². The fraction of sp³-hybridized carbons (Fsp3) is 0. The predicted molar refractivity (Wildman–Crippen MR) is 114 cm³/mol. The van der Waals surface area contributed by atoms with E-state index < -0.39 is 0 Å². The Morgan fingerprint density at radius 1 is 0.786 bits per heavy atom. The molecule has 28 heavy (non-hydrogen) atoms. The summed E-state index contributed by atoms with van der Waals surface area (Å²) < 4.78 is 0. The Morgan fingerprint density at radius 3 is 2.54 bits per heavy atom. The number of para-hydroxylation sites is 2. The summed E-state index contributed by atoms with van der Waals surface area (Å²) in [5.41, 5.74) is 5.77. The third kappa shape index (κ3) is 3.33. The van der Waals surface area contributed by atoms with Crippen molar-refractivity contribution in [3.8, 4) is 21.8 Å². The zero-order chi connectivity index (χ0) is 18.8. The maximum absolute atomic E-state index is 4.77. The highest BCUT2D eigenvalue weighted by atomic mass is 32.1. The number of aromatic nitrogens is 4. The normalized spacial score (nSPS) is 10.9. The molecule has 0 unspecified atom stereocenters. The summed E-state index contributed by atoms with van der Waals surface area (Å²) in [7, 11) is 0. The van der Waals surface area contributed by atoms with Crippen molar-refractivity contribution in [1.29, 1.82) is 0 Å². The second-order valence-corrected chi connectivity index (χ2v) is 7.08. The van der Waals surface area contributed by atoms with Crippen LogP contribution < -0.4 is 5.32 Å². The van der Waals surface area contributed by atoms with Gasteiger partial charge < -0.3 is 5.32 Å². The molecular weight excluding hydrogens is 366 g/mol. The monoisotopic (exact) mass is 381 g/mol. The van der Waals surface area contributed by atoms with Crippen LogP contribution in [0.1, 0.15) is 0 Å². The Labute approximate surface area is 165 Å². The van der Waals surface area contributed by atoms with E-state index in [0.717, 1.165) is 38.5 Å². The summed E-state index contributed by atoms with van der Waals surface area (Å²) in [4.78, 5) is 17.9. The van der Waals surface area contributed by atoms with E-state index in [2.05, 4.69) is 37.8 Å². The number of hydrogen-bond donors (Lipinski definition) is 1. The molecule has 0 radical (unpaired) electrons. The molecule has 3 aromatic heterocycles. The smallest absolute Gasteiger partial charge is 0.149 e. The van der Waals surface area contributed by atoms with Crippen LogP contribution in [-0.2, 0) is 0 Å². The first-order chi connectivity index (χ1) is 13.8. The molecule has 0 atom stereocenters. The van der Waals surface area contributed by atoms with Gasteiger partial charge in [0.05, 0.1) is 22.9 Å². The van der Waals surface area contributed by atoms with Gasteiger partial charge in [-0.15, -0.1) is 11.3 Å². The van der Waals surface area contributed by atoms with Crippen molar-refractivity contribution >= 4 is 33.9 Å². The van der Waals surface area contributed by atoms with Crippen LogP contribution in [-0.4, -0.2) is 19.9 Å². The molecule has 0 spiro atoms. The van der Waals surface area contributed by atoms with E-state index >= 15 is 0 Å². The quantitative estimate of drug-likeness (QED) is 0.442. The Hall–Kier alpha value is -3.64. The van der Waals surface area contributed by atoms with Crippen molar-refractivity contribution in [1.82, 2.24) is 19.9 Å². The molecule has 0 saturated heterocycles. The molecule has 5 aromatic rings. The maximum atomic E-state index is 4.77. The van der Waals surface area contributed by atoms with Gasteiger partial charge in [0, 0.05) is 34.6 Å². The van der Waals surface area contributed by atoms with Crippen molar-refractivity contribution in [2.45, 2.75) is 0 Å². The SMILES string of the molecule is c1cc(Nc2cnc3ccccc3n2)cc(-c2csc(-c3ccncc3)n2)c1. The zero-order valence-electron chi connectivity index (χ0n) is 14.8. The van der Waals surface area contributed by atoms with Crippen LogP contribution in [0.25, 0.3) is 32.9 Å². The third-order valence-corrected chi connectivity index (χ3v) is 5.20. The molecular formula is C22H15N5S. The van der Waals surface area contributed by atoms with E-state index in [9.17, 15) is 0 Å². The van der Waals surface area contributed by atoms with Crippen LogP contribution in [0.4, 0.5) is 11.5 Å². The van der Waals surface area contributed by atoms with Crippen LogP contribution in [0.5, 0.6) is 0 Å². The number of benzene rings is 2. The molecule has 5 rings (SSSR count). The second kappa shape index (κ2) is 7.17. The van der Waals surface area contributed by atoms with Crippen molar-refractivity contribution in [2.24, 2.45) is 0 Å². The molecule has 2 aromatic carbocycles. The minimum atomic E-state index is 0.714. The Bertz CT molecular complexity index is 1250. The lowest BCUT2D eigenvalue weighted by atomic mass is 10.1. The summed E-state index contributed by atoms with van der Waals surface area (Å²) in [6.07, 6.45) is 5.32. The highest BCUT2D eigenvalue weighted by molar-refractivity contribution is 7.13. The van der Waals surface area contributed by atoms with Crippen molar-refractivity contribution < 1.29 is 0 Å². The van der Waals surface area contributed by atoms with Crippen LogP contribution in [0.15, 0.2) is 84.6 Å². The number of nitrogens with zero attached hydrogens (tertiary/aromatic N) is 4. The molecule has 0 saturated carbocycles. The van der Waals surface area contributed by atoms with E-state index in [4.69, 9.17) is 4.98 Å². The van der Waals surface area contributed by atoms with Gasteiger partial charge in [0.15, 0.2) is 0 Å². The average Bonchev–Trinajstić information content (AvgIpc) is 3.25. The van der Waals surface area contributed by atoms with E-state index in [1.165, 1.54) is 0 Å². The first-order valence-corrected chi connectivity index (χ1v) is 9.68. The highest BCUT2D eigenvalue weighted by Crippen LogP contribution is 2.30. The van der Waals surface area contributed by atoms with E-state index in [0.29, 0.717) is 5.82 Å². The van der Waals surface area contributed by atoms with Gasteiger partial charge in [-0.25, -0.2) is 9.97 Å². The van der Waals surface area contributed by atoms with Gasteiger partial charge in [-0.05, 0) is 36.4 Å². The van der Waals surface area contributed by atoms with Crippen LogP contribution >= 0.6 is 11.3 Å². The summed E-state index contributed by atoms with van der Waals surface area (Å²) >= 11 is 1.63. The Kier molecular flexibility index (Phi) is 4.23. The molecule has 3 heterocycles. The predicted octanol–water partition coefficient (Wildman–Crippen LogP) is 5.56. The van der Waals surface area contributed by atoms with Crippen molar-refractivity contribution in [3.63, 3.8) is 0 Å². The fourth-order valence-electron chi connectivity index (χ4n) is 2.95. The molecule has 0 bridgehead atoms. The van der Waals surface area contributed by atoms with Gasteiger partial charge in [-0.1, -0.05) is 24.3 Å². The number of anilines is 2. The molecule has 0 fully saturated rings. The molecule has 134 valence electrons. The number of hydrogen-bond acceptors (Lipinski definition) is 6. The Balaban J connectivity index is 1.42.